The lowest BCUT2D eigenvalue weighted by Gasteiger charge is -2.05. The molecule has 1 aromatic carbocycles. The highest BCUT2D eigenvalue weighted by Crippen LogP contribution is 2.16. The molecule has 0 amide bonds. The summed E-state index contributed by atoms with van der Waals surface area (Å²) >= 11 is 0. The second kappa shape index (κ2) is 5.54. The quantitative estimate of drug-likeness (QED) is 0.877. The van der Waals surface area contributed by atoms with Crippen molar-refractivity contribution in [1.82, 2.24) is 15.0 Å². The zero-order valence-corrected chi connectivity index (χ0v) is 9.33. The second-order valence-electron chi connectivity index (χ2n) is 3.50. The summed E-state index contributed by atoms with van der Waals surface area (Å²) in [5.74, 6) is 0.0875. The molecule has 96 valence electrons. The summed E-state index contributed by atoms with van der Waals surface area (Å²) in [6, 6.07) is 6.04. The normalized spacial score (nSPS) is 10.9. The predicted molar refractivity (Wildman–Crippen MR) is 58.8 cm³/mol. The monoisotopic (exact) mass is 255 g/mol. The molecule has 5 nitrogen and oxygen atoms in total. The zero-order valence-electron chi connectivity index (χ0n) is 9.33. The van der Waals surface area contributed by atoms with Crippen LogP contribution in [-0.4, -0.2) is 33.3 Å². The minimum Gasteiger partial charge on any atom is -0.435 e. The molecule has 0 radical (unpaired) electrons. The van der Waals surface area contributed by atoms with Gasteiger partial charge in [-0.15, -0.1) is 5.10 Å². The van der Waals surface area contributed by atoms with Crippen LogP contribution in [0.2, 0.25) is 0 Å². The SMILES string of the molecule is OCCc1cn(-c2ccc(OC(F)F)cc2)nn1. The average molecular weight is 255 g/mol. The Kier molecular flexibility index (Phi) is 3.83. The van der Waals surface area contributed by atoms with Crippen LogP contribution in [0.25, 0.3) is 5.69 Å². The van der Waals surface area contributed by atoms with E-state index in [1.165, 1.54) is 16.8 Å². The molecule has 0 spiro atoms. The molecule has 0 saturated heterocycles. The van der Waals surface area contributed by atoms with Crippen molar-refractivity contribution < 1.29 is 18.6 Å². The first-order valence-corrected chi connectivity index (χ1v) is 5.26. The van der Waals surface area contributed by atoms with Crippen LogP contribution in [0.3, 0.4) is 0 Å². The summed E-state index contributed by atoms with van der Waals surface area (Å²) in [4.78, 5) is 0. The van der Waals surface area contributed by atoms with Crippen molar-refractivity contribution in [3.63, 3.8) is 0 Å². The van der Waals surface area contributed by atoms with Gasteiger partial charge in [0.25, 0.3) is 0 Å². The number of alkyl halides is 2. The smallest absolute Gasteiger partial charge is 0.387 e. The van der Waals surface area contributed by atoms with E-state index in [-0.39, 0.29) is 12.4 Å². The van der Waals surface area contributed by atoms with Gasteiger partial charge in [-0.1, -0.05) is 5.21 Å². The highest BCUT2D eigenvalue weighted by atomic mass is 19.3. The van der Waals surface area contributed by atoms with E-state index in [2.05, 4.69) is 15.0 Å². The van der Waals surface area contributed by atoms with Crippen LogP contribution in [0.4, 0.5) is 8.78 Å². The fourth-order valence-corrected chi connectivity index (χ4v) is 1.43. The van der Waals surface area contributed by atoms with E-state index < -0.39 is 6.61 Å². The van der Waals surface area contributed by atoms with E-state index in [0.29, 0.717) is 17.8 Å². The summed E-state index contributed by atoms with van der Waals surface area (Å²) in [6.07, 6.45) is 2.09. The van der Waals surface area contributed by atoms with Gasteiger partial charge in [0.2, 0.25) is 0 Å². The number of aliphatic hydroxyl groups excluding tert-OH is 1. The van der Waals surface area contributed by atoms with Crippen LogP contribution in [0.5, 0.6) is 5.75 Å². The van der Waals surface area contributed by atoms with Crippen molar-refractivity contribution in [2.75, 3.05) is 6.61 Å². The van der Waals surface area contributed by atoms with Crippen molar-refractivity contribution in [2.24, 2.45) is 0 Å². The van der Waals surface area contributed by atoms with Crippen LogP contribution in [0.15, 0.2) is 30.5 Å². The topological polar surface area (TPSA) is 60.2 Å². The minimum absolute atomic E-state index is 0.000139. The molecule has 18 heavy (non-hydrogen) atoms. The molecule has 7 heteroatoms. The molecule has 2 aromatic rings. The van der Waals surface area contributed by atoms with Gasteiger partial charge in [-0.3, -0.25) is 0 Å². The van der Waals surface area contributed by atoms with Gasteiger partial charge < -0.3 is 9.84 Å². The lowest BCUT2D eigenvalue weighted by atomic mass is 10.3. The molecule has 1 heterocycles. The first-order chi connectivity index (χ1) is 8.69. The average Bonchev–Trinajstić information content (AvgIpc) is 2.78. The lowest BCUT2D eigenvalue weighted by molar-refractivity contribution is -0.0498. The Hall–Kier alpha value is -2.02. The number of nitrogens with zero attached hydrogens (tertiary/aromatic N) is 3. The Labute approximate surface area is 102 Å². The Morgan fingerprint density at radius 1 is 1.28 bits per heavy atom. The number of rotatable bonds is 5. The highest BCUT2D eigenvalue weighted by Gasteiger charge is 2.05. The Bertz CT molecular complexity index is 499. The maximum atomic E-state index is 12.0. The fourth-order valence-electron chi connectivity index (χ4n) is 1.43. The highest BCUT2D eigenvalue weighted by molar-refractivity contribution is 5.36. The molecule has 0 aliphatic rings. The molecular formula is C11H11F2N3O2. The van der Waals surface area contributed by atoms with Gasteiger partial charge in [0.15, 0.2) is 0 Å². The van der Waals surface area contributed by atoms with E-state index in [0.717, 1.165) is 0 Å². The number of ether oxygens (including phenoxy) is 1. The maximum Gasteiger partial charge on any atom is 0.387 e. The Morgan fingerprint density at radius 3 is 2.61 bits per heavy atom. The third kappa shape index (κ3) is 3.01. The van der Waals surface area contributed by atoms with Crippen LogP contribution in [0.1, 0.15) is 5.69 Å². The standard InChI is InChI=1S/C11H11F2N3O2/c12-11(13)18-10-3-1-9(2-4-10)16-7-8(5-6-17)14-15-16/h1-4,7,11,17H,5-6H2. The van der Waals surface area contributed by atoms with Gasteiger partial charge in [0.05, 0.1) is 17.6 Å². The van der Waals surface area contributed by atoms with Crippen LogP contribution >= 0.6 is 0 Å². The summed E-state index contributed by atoms with van der Waals surface area (Å²) in [7, 11) is 0. The second-order valence-corrected chi connectivity index (χ2v) is 3.50. The van der Waals surface area contributed by atoms with Crippen LogP contribution in [0, 0.1) is 0 Å². The van der Waals surface area contributed by atoms with E-state index in [1.54, 1.807) is 18.3 Å². The van der Waals surface area contributed by atoms with E-state index in [4.69, 9.17) is 5.11 Å². The molecule has 0 saturated carbocycles. The number of aliphatic hydroxyl groups is 1. The predicted octanol–water partition coefficient (Wildman–Crippen LogP) is 1.40. The van der Waals surface area contributed by atoms with E-state index >= 15 is 0 Å². The van der Waals surface area contributed by atoms with Gasteiger partial charge in [0.1, 0.15) is 5.75 Å². The fraction of sp³-hybridized carbons (Fsp3) is 0.273. The van der Waals surface area contributed by atoms with Crippen molar-refractivity contribution in [1.29, 1.82) is 0 Å². The molecule has 0 fully saturated rings. The number of aromatic nitrogens is 3. The zero-order chi connectivity index (χ0) is 13.0. The number of benzene rings is 1. The largest absolute Gasteiger partial charge is 0.435 e. The summed E-state index contributed by atoms with van der Waals surface area (Å²) in [5, 5.41) is 16.5. The summed E-state index contributed by atoms with van der Waals surface area (Å²) < 4.78 is 29.7. The van der Waals surface area contributed by atoms with Crippen molar-refractivity contribution in [3.8, 4) is 11.4 Å². The third-order valence-electron chi connectivity index (χ3n) is 2.24. The van der Waals surface area contributed by atoms with Crippen molar-refractivity contribution >= 4 is 0 Å². The van der Waals surface area contributed by atoms with Crippen LogP contribution < -0.4 is 4.74 Å². The number of halogens is 2. The molecule has 0 aliphatic carbocycles. The van der Waals surface area contributed by atoms with Gasteiger partial charge in [0, 0.05) is 13.0 Å². The molecule has 0 unspecified atom stereocenters. The Balaban J connectivity index is 2.12. The van der Waals surface area contributed by atoms with E-state index in [9.17, 15) is 8.78 Å². The molecule has 0 atom stereocenters. The van der Waals surface area contributed by atoms with Crippen LogP contribution in [-0.2, 0) is 6.42 Å². The van der Waals surface area contributed by atoms with Gasteiger partial charge in [-0.25, -0.2) is 4.68 Å². The summed E-state index contributed by atoms with van der Waals surface area (Å²) in [5.41, 5.74) is 1.33. The third-order valence-corrected chi connectivity index (χ3v) is 2.24. The van der Waals surface area contributed by atoms with E-state index in [1.807, 2.05) is 0 Å². The molecular weight excluding hydrogens is 244 g/mol. The van der Waals surface area contributed by atoms with Gasteiger partial charge in [-0.2, -0.15) is 8.78 Å². The van der Waals surface area contributed by atoms with Gasteiger partial charge >= 0.3 is 6.61 Å². The first-order valence-electron chi connectivity index (χ1n) is 5.26. The minimum atomic E-state index is -2.83. The number of hydrogen-bond donors (Lipinski definition) is 1. The maximum absolute atomic E-state index is 12.0. The first kappa shape index (κ1) is 12.4. The lowest BCUT2D eigenvalue weighted by Crippen LogP contribution is -2.02. The molecule has 0 aliphatic heterocycles. The summed E-state index contributed by atoms with van der Waals surface area (Å²) in [6.45, 7) is -2.83. The van der Waals surface area contributed by atoms with Crippen molar-refractivity contribution in [3.05, 3.63) is 36.2 Å². The molecule has 1 N–H and O–H groups in total. The molecule has 2 rings (SSSR count). The Morgan fingerprint density at radius 2 is 2.00 bits per heavy atom. The van der Waals surface area contributed by atoms with Gasteiger partial charge in [-0.05, 0) is 24.3 Å². The molecule has 1 aromatic heterocycles. The molecule has 0 bridgehead atoms. The van der Waals surface area contributed by atoms with Crippen molar-refractivity contribution in [2.45, 2.75) is 13.0 Å². The number of hydrogen-bond acceptors (Lipinski definition) is 4.